The van der Waals surface area contributed by atoms with Gasteiger partial charge in [-0.1, -0.05) is 48.0 Å². The number of halogens is 2. The molecule has 0 saturated heterocycles. The number of fused-ring (bicyclic) bond motifs is 2. The fourth-order valence-electron chi connectivity index (χ4n) is 2.22. The lowest BCUT2D eigenvalue weighted by molar-refractivity contribution is 0.103. The van der Waals surface area contributed by atoms with Crippen molar-refractivity contribution in [3.8, 4) is 0 Å². The Balaban J connectivity index is 2.33. The maximum absolute atomic E-state index is 12.3. The van der Waals surface area contributed by atoms with Crippen molar-refractivity contribution in [1.29, 1.82) is 0 Å². The summed E-state index contributed by atoms with van der Waals surface area (Å²) < 4.78 is 0. The predicted molar refractivity (Wildman–Crippen MR) is 69.0 cm³/mol. The van der Waals surface area contributed by atoms with Crippen LogP contribution in [0.5, 0.6) is 0 Å². The Labute approximate surface area is 109 Å². The van der Waals surface area contributed by atoms with Gasteiger partial charge >= 0.3 is 0 Å². The minimum atomic E-state index is -0.354. The first-order chi connectivity index (χ1) is 8.20. The molecule has 0 aliphatic heterocycles. The number of carbonyl (C=O) groups is 1. The molecule has 0 aromatic heterocycles. The van der Waals surface area contributed by atoms with Gasteiger partial charge in [0.1, 0.15) is 0 Å². The van der Waals surface area contributed by atoms with Gasteiger partial charge in [0.15, 0.2) is 5.78 Å². The Morgan fingerprint density at radius 3 is 2.47 bits per heavy atom. The van der Waals surface area contributed by atoms with E-state index in [2.05, 4.69) is 0 Å². The normalized spacial score (nSPS) is 17.5. The molecule has 0 bridgehead atoms. The third kappa shape index (κ3) is 1.50. The van der Waals surface area contributed by atoms with Gasteiger partial charge in [-0.25, -0.2) is 0 Å². The summed E-state index contributed by atoms with van der Waals surface area (Å²) in [7, 11) is 0. The highest BCUT2D eigenvalue weighted by Crippen LogP contribution is 2.42. The lowest BCUT2D eigenvalue weighted by Gasteiger charge is -2.23. The summed E-state index contributed by atoms with van der Waals surface area (Å²) in [6, 6.07) is 12.7. The van der Waals surface area contributed by atoms with Gasteiger partial charge in [0.2, 0.25) is 0 Å². The van der Waals surface area contributed by atoms with Crippen LogP contribution in [0, 0.1) is 0 Å². The van der Waals surface area contributed by atoms with Gasteiger partial charge in [-0.2, -0.15) is 0 Å². The first-order valence-corrected chi connectivity index (χ1v) is 6.07. The van der Waals surface area contributed by atoms with Gasteiger partial charge in [-0.15, -0.1) is 11.6 Å². The summed E-state index contributed by atoms with van der Waals surface area (Å²) >= 11 is 12.5. The van der Waals surface area contributed by atoms with Crippen LogP contribution < -0.4 is 0 Å². The van der Waals surface area contributed by atoms with Crippen molar-refractivity contribution in [3.05, 3.63) is 69.7 Å². The van der Waals surface area contributed by atoms with Crippen molar-refractivity contribution in [3.63, 3.8) is 0 Å². The molecule has 0 amide bonds. The van der Waals surface area contributed by atoms with Crippen LogP contribution in [0.15, 0.2) is 42.5 Å². The van der Waals surface area contributed by atoms with Crippen LogP contribution in [-0.4, -0.2) is 5.78 Å². The number of ketones is 1. The molecule has 2 aromatic carbocycles. The SMILES string of the molecule is O=C1c2ccccc2C(Cl)c2c(Cl)cccc21. The zero-order valence-corrected chi connectivity index (χ0v) is 10.3. The van der Waals surface area contributed by atoms with Crippen molar-refractivity contribution in [2.75, 3.05) is 0 Å². The van der Waals surface area contributed by atoms with E-state index in [-0.39, 0.29) is 11.2 Å². The zero-order chi connectivity index (χ0) is 12.0. The van der Waals surface area contributed by atoms with Crippen LogP contribution in [0.4, 0.5) is 0 Å². The molecule has 17 heavy (non-hydrogen) atoms. The van der Waals surface area contributed by atoms with E-state index in [1.807, 2.05) is 18.2 Å². The highest BCUT2D eigenvalue weighted by atomic mass is 35.5. The molecule has 0 fully saturated rings. The number of carbonyl (C=O) groups excluding carboxylic acids is 1. The second-order valence-corrected chi connectivity index (χ2v) is 4.82. The van der Waals surface area contributed by atoms with Gasteiger partial charge in [0.25, 0.3) is 0 Å². The van der Waals surface area contributed by atoms with E-state index in [0.717, 1.165) is 11.1 Å². The van der Waals surface area contributed by atoms with Crippen molar-refractivity contribution in [2.24, 2.45) is 0 Å². The summed E-state index contributed by atoms with van der Waals surface area (Å²) in [5.41, 5.74) is 2.83. The third-order valence-corrected chi connectivity index (χ3v) is 3.81. The Hall–Kier alpha value is -1.31. The highest BCUT2D eigenvalue weighted by Gasteiger charge is 2.30. The summed E-state index contributed by atoms with van der Waals surface area (Å²) in [4.78, 5) is 12.3. The number of benzene rings is 2. The molecule has 2 aromatic rings. The second-order valence-electron chi connectivity index (χ2n) is 3.98. The minimum absolute atomic E-state index is 0.00463. The first kappa shape index (κ1) is 10.8. The van der Waals surface area contributed by atoms with E-state index in [1.165, 1.54) is 0 Å². The predicted octanol–water partition coefficient (Wildman–Crippen LogP) is 4.21. The first-order valence-electron chi connectivity index (χ1n) is 5.26. The molecule has 1 atom stereocenters. The molecule has 3 heteroatoms. The molecular weight excluding hydrogens is 255 g/mol. The Kier molecular flexibility index (Phi) is 2.46. The third-order valence-electron chi connectivity index (χ3n) is 3.03. The number of rotatable bonds is 0. The summed E-state index contributed by atoms with van der Waals surface area (Å²) in [6.45, 7) is 0. The zero-order valence-electron chi connectivity index (χ0n) is 8.78. The van der Waals surface area contributed by atoms with Crippen molar-refractivity contribution in [1.82, 2.24) is 0 Å². The molecule has 84 valence electrons. The molecule has 0 N–H and O–H groups in total. The number of hydrogen-bond donors (Lipinski definition) is 0. The Morgan fingerprint density at radius 1 is 0.941 bits per heavy atom. The molecule has 3 rings (SSSR count). The van der Waals surface area contributed by atoms with Gasteiger partial charge in [0, 0.05) is 21.7 Å². The minimum Gasteiger partial charge on any atom is -0.289 e. The largest absolute Gasteiger partial charge is 0.289 e. The van der Waals surface area contributed by atoms with Crippen LogP contribution in [0.2, 0.25) is 5.02 Å². The maximum Gasteiger partial charge on any atom is 0.193 e. The van der Waals surface area contributed by atoms with Gasteiger partial charge in [-0.3, -0.25) is 4.79 Å². The smallest absolute Gasteiger partial charge is 0.193 e. The summed E-state index contributed by atoms with van der Waals surface area (Å²) in [5, 5.41) is 0.193. The molecule has 0 spiro atoms. The van der Waals surface area contributed by atoms with Gasteiger partial charge in [-0.05, 0) is 11.6 Å². The molecule has 0 radical (unpaired) electrons. The molecule has 0 heterocycles. The Bertz CT molecular complexity index is 619. The molecule has 1 nitrogen and oxygen atoms in total. The quantitative estimate of drug-likeness (QED) is 0.650. The molecule has 1 aliphatic rings. The van der Waals surface area contributed by atoms with Crippen LogP contribution >= 0.6 is 23.2 Å². The van der Waals surface area contributed by atoms with Crippen LogP contribution in [0.3, 0.4) is 0 Å². The summed E-state index contributed by atoms with van der Waals surface area (Å²) in [5.74, 6) is -0.00463. The topological polar surface area (TPSA) is 17.1 Å². The molecule has 0 saturated carbocycles. The van der Waals surface area contributed by atoms with Crippen molar-refractivity contribution >= 4 is 29.0 Å². The monoisotopic (exact) mass is 262 g/mol. The molecular formula is C14H8Cl2O. The van der Waals surface area contributed by atoms with Crippen LogP contribution in [0.1, 0.15) is 32.4 Å². The lowest BCUT2D eigenvalue weighted by atomic mass is 9.85. The van der Waals surface area contributed by atoms with E-state index in [1.54, 1.807) is 24.3 Å². The van der Waals surface area contributed by atoms with Gasteiger partial charge in [0.05, 0.1) is 5.38 Å². The maximum atomic E-state index is 12.3. The van der Waals surface area contributed by atoms with Crippen LogP contribution in [-0.2, 0) is 0 Å². The standard InChI is InChI=1S/C14H8Cl2O/c15-11-7-3-6-10-12(11)13(16)8-4-1-2-5-9(8)14(10)17/h1-7,13H. The van der Waals surface area contributed by atoms with E-state index in [9.17, 15) is 4.79 Å². The molecule has 1 unspecified atom stereocenters. The van der Waals surface area contributed by atoms with Crippen molar-refractivity contribution < 1.29 is 4.79 Å². The lowest BCUT2D eigenvalue weighted by Crippen LogP contribution is -2.17. The van der Waals surface area contributed by atoms with E-state index in [4.69, 9.17) is 23.2 Å². The molecule has 1 aliphatic carbocycles. The number of alkyl halides is 1. The van der Waals surface area contributed by atoms with E-state index < -0.39 is 0 Å². The second kappa shape index (κ2) is 3.86. The average molecular weight is 263 g/mol. The number of hydrogen-bond acceptors (Lipinski definition) is 1. The van der Waals surface area contributed by atoms with E-state index >= 15 is 0 Å². The van der Waals surface area contributed by atoms with Crippen LogP contribution in [0.25, 0.3) is 0 Å². The average Bonchev–Trinajstić information content (AvgIpc) is 2.36. The highest BCUT2D eigenvalue weighted by molar-refractivity contribution is 6.35. The Morgan fingerprint density at radius 2 is 1.65 bits per heavy atom. The fraction of sp³-hybridized carbons (Fsp3) is 0.0714. The van der Waals surface area contributed by atoms with Crippen molar-refractivity contribution in [2.45, 2.75) is 5.38 Å². The van der Waals surface area contributed by atoms with Gasteiger partial charge < -0.3 is 0 Å². The summed E-state index contributed by atoms with van der Waals surface area (Å²) in [6.07, 6.45) is 0. The van der Waals surface area contributed by atoms with E-state index in [0.29, 0.717) is 16.1 Å². The fourth-order valence-corrected chi connectivity index (χ4v) is 2.98.